The second-order valence-electron chi connectivity index (χ2n) is 15.4. The smallest absolute Gasteiger partial charge is 0.333 e. The lowest BCUT2D eigenvalue weighted by molar-refractivity contribution is -0.150. The molecule has 1 saturated heterocycles. The van der Waals surface area contributed by atoms with E-state index >= 15 is 0 Å². The van der Waals surface area contributed by atoms with Gasteiger partial charge in [0.05, 0.1) is 27.2 Å². The number of rotatable bonds is 32. The molecule has 2 aliphatic rings. The summed E-state index contributed by atoms with van der Waals surface area (Å²) in [7, 11) is 3.17. The highest BCUT2D eigenvalue weighted by Crippen LogP contribution is 2.59. The Morgan fingerprint density at radius 2 is 0.823 bits per heavy atom. The van der Waals surface area contributed by atoms with E-state index in [0.717, 1.165) is 113 Å². The van der Waals surface area contributed by atoms with Gasteiger partial charge in [-0.3, -0.25) is 29.2 Å². The van der Waals surface area contributed by atoms with E-state index in [-0.39, 0.29) is 55.8 Å². The van der Waals surface area contributed by atoms with Gasteiger partial charge in [-0.05, 0) is 51.7 Å². The van der Waals surface area contributed by atoms with Gasteiger partial charge < -0.3 is 28.4 Å². The van der Waals surface area contributed by atoms with Crippen LogP contribution in [0.1, 0.15) is 129 Å². The van der Waals surface area contributed by atoms with Gasteiger partial charge >= 0.3 is 23.9 Å². The van der Waals surface area contributed by atoms with Crippen molar-refractivity contribution in [1.29, 1.82) is 0 Å². The minimum Gasteiger partial charge on any atom is -0.492 e. The van der Waals surface area contributed by atoms with Crippen LogP contribution in [-0.4, -0.2) is 99.4 Å². The number of hydrogen-bond acceptors (Lipinski definition) is 14. The topological polar surface area (TPSA) is 164 Å². The minimum absolute atomic E-state index is 0.0303. The van der Waals surface area contributed by atoms with Gasteiger partial charge in [0.1, 0.15) is 43.5 Å². The molecule has 0 unspecified atom stereocenters. The number of carbonyl (C=O) groups excluding carboxylic acids is 6. The lowest BCUT2D eigenvalue weighted by Gasteiger charge is -2.16. The van der Waals surface area contributed by atoms with Crippen LogP contribution in [0.3, 0.4) is 0 Å². The van der Waals surface area contributed by atoms with Crippen LogP contribution >= 0.6 is 23.5 Å². The molecule has 16 heteroatoms. The Hall–Kier alpha value is -4.44. The maximum absolute atomic E-state index is 13.0. The van der Waals surface area contributed by atoms with Crippen molar-refractivity contribution in [3.63, 3.8) is 0 Å². The fraction of sp³-hybridized carbons (Fsp3) is 0.609. The van der Waals surface area contributed by atoms with Crippen molar-refractivity contribution in [1.82, 2.24) is 10.0 Å². The van der Waals surface area contributed by atoms with Crippen LogP contribution in [0, 0.1) is 0 Å². The zero-order valence-corrected chi connectivity index (χ0v) is 38.8. The Morgan fingerprint density at radius 3 is 1.18 bits per heavy atom. The van der Waals surface area contributed by atoms with E-state index < -0.39 is 11.9 Å². The van der Waals surface area contributed by atoms with E-state index in [1.165, 1.54) is 33.5 Å². The molecular weight excluding hydrogens is 837 g/mol. The van der Waals surface area contributed by atoms with Gasteiger partial charge in [-0.25, -0.2) is 9.59 Å². The normalized spacial score (nSPS) is 13.3. The lowest BCUT2D eigenvalue weighted by atomic mass is 10.1. The molecule has 0 N–H and O–H groups in total. The molecule has 0 aromatic heterocycles. The Kier molecular flexibility index (Phi) is 24.3. The number of unbranched alkanes of at least 4 members (excludes halogenated alkanes) is 14. The van der Waals surface area contributed by atoms with Crippen molar-refractivity contribution in [3.8, 4) is 11.5 Å². The van der Waals surface area contributed by atoms with Gasteiger partial charge in [0.15, 0.2) is 0 Å². The van der Waals surface area contributed by atoms with Crippen LogP contribution in [-0.2, 0) is 47.7 Å². The molecule has 0 aliphatic carbocycles. The summed E-state index contributed by atoms with van der Waals surface area (Å²) in [6, 6.07) is 3.84. The molecule has 2 heterocycles. The zero-order valence-electron chi connectivity index (χ0n) is 37.1. The van der Waals surface area contributed by atoms with Crippen LogP contribution in [0.25, 0.3) is 0 Å². The Labute approximate surface area is 375 Å². The molecule has 1 fully saturated rings. The number of likely N-dealkylation sites (N-methyl/N-ethyl adjacent to an activating group) is 2. The fourth-order valence-corrected chi connectivity index (χ4v) is 9.00. The molecule has 0 radical (unpaired) electrons. The Bertz CT molecular complexity index is 1620. The van der Waals surface area contributed by atoms with Crippen molar-refractivity contribution in [2.75, 3.05) is 53.7 Å². The summed E-state index contributed by atoms with van der Waals surface area (Å²) < 4.78 is 33.2. The van der Waals surface area contributed by atoms with Crippen LogP contribution in [0.5, 0.6) is 11.5 Å². The number of esters is 4. The maximum atomic E-state index is 13.0. The Balaban J connectivity index is 1.33. The molecule has 2 aliphatic heterocycles. The summed E-state index contributed by atoms with van der Waals surface area (Å²) in [5.74, 6) is -0.780. The first kappa shape index (κ1) is 51.9. The van der Waals surface area contributed by atoms with E-state index in [1.54, 1.807) is 27.9 Å². The molecule has 0 saturated carbocycles. The van der Waals surface area contributed by atoms with Crippen LogP contribution < -0.4 is 9.47 Å². The van der Waals surface area contributed by atoms with Gasteiger partial charge in [0.25, 0.3) is 11.8 Å². The third-order valence-corrected chi connectivity index (χ3v) is 12.6. The fourth-order valence-electron chi connectivity index (χ4n) is 6.32. The zero-order chi connectivity index (χ0) is 45.3. The van der Waals surface area contributed by atoms with E-state index in [2.05, 4.69) is 13.2 Å². The molecular formula is C46H66N2O12S2. The number of benzene rings is 1. The second kappa shape index (κ2) is 29.0. The average molecular weight is 903 g/mol. The lowest BCUT2D eigenvalue weighted by Crippen LogP contribution is -2.33. The number of ether oxygens (including phenoxy) is 6. The number of hydrogen-bond donors (Lipinski definition) is 0. The number of hydrazine groups is 1. The SMILES string of the molecule is C=C(C)C(=O)OCCOC(=O)CCCCCCCCCCOc1ccc(OCCCCCCCCCCC(=O)OCCOC(=O)C(=C)C)c2c1SC(=C1C(=O)N(C)N(C)C1=O)S2. The maximum Gasteiger partial charge on any atom is 0.333 e. The predicted molar refractivity (Wildman–Crippen MR) is 238 cm³/mol. The summed E-state index contributed by atoms with van der Waals surface area (Å²) >= 11 is 2.78. The van der Waals surface area contributed by atoms with Crippen LogP contribution in [0.15, 0.2) is 56.0 Å². The third-order valence-electron chi connectivity index (χ3n) is 10.0. The van der Waals surface area contributed by atoms with Crippen molar-refractivity contribution in [2.45, 2.75) is 139 Å². The number of nitrogens with zero attached hydrogens (tertiary/aromatic N) is 2. The molecule has 0 spiro atoms. The monoisotopic (exact) mass is 902 g/mol. The molecule has 0 bridgehead atoms. The summed E-state index contributed by atoms with van der Waals surface area (Å²) in [5.41, 5.74) is 0.782. The van der Waals surface area contributed by atoms with Gasteiger partial charge in [-0.2, -0.15) is 0 Å². The highest BCUT2D eigenvalue weighted by molar-refractivity contribution is 8.25. The molecule has 62 heavy (non-hydrogen) atoms. The second-order valence-corrected chi connectivity index (χ2v) is 17.7. The van der Waals surface area contributed by atoms with Gasteiger partial charge in [0, 0.05) is 38.1 Å². The third kappa shape index (κ3) is 18.5. The standard InChI is InChI=1S/C46H66N2O12S2/c1-33(2)44(53)59-31-29-57-37(49)23-19-15-11-7-9-13-17-21-27-55-35-25-26-36(41-40(35)61-46(62-41)39-42(51)47(5)48(6)43(39)52)56-28-22-18-14-10-8-12-16-20-24-38(50)58-30-32-60-45(54)34(3)4/h25-26H,1,3,7-24,27-32H2,2,4-6H3. The number of carbonyl (C=O) groups is 6. The molecule has 344 valence electrons. The first-order valence-corrected chi connectivity index (χ1v) is 23.5. The van der Waals surface area contributed by atoms with Crippen molar-refractivity contribution in [2.24, 2.45) is 0 Å². The van der Waals surface area contributed by atoms with E-state index in [0.29, 0.717) is 52.9 Å². The number of amides is 2. The highest BCUT2D eigenvalue weighted by atomic mass is 32.2. The summed E-state index contributed by atoms with van der Waals surface area (Å²) in [6.07, 6.45) is 16.7. The minimum atomic E-state index is -0.491. The van der Waals surface area contributed by atoms with Crippen molar-refractivity contribution < 1.29 is 57.2 Å². The van der Waals surface area contributed by atoms with Crippen molar-refractivity contribution in [3.05, 3.63) is 46.2 Å². The summed E-state index contributed by atoms with van der Waals surface area (Å²) in [4.78, 5) is 74.2. The average Bonchev–Trinajstić information content (AvgIpc) is 3.77. The molecule has 3 rings (SSSR count). The number of fused-ring (bicyclic) bond motifs is 1. The van der Waals surface area contributed by atoms with Gasteiger partial charge in [-0.1, -0.05) is 114 Å². The Morgan fingerprint density at radius 1 is 0.500 bits per heavy atom. The summed E-state index contributed by atoms with van der Waals surface area (Å²) in [5, 5.41) is 2.65. The number of thioether (sulfide) groups is 2. The van der Waals surface area contributed by atoms with Crippen LogP contribution in [0.2, 0.25) is 0 Å². The summed E-state index contributed by atoms with van der Waals surface area (Å²) in [6.45, 7) is 11.4. The molecule has 1 aromatic rings. The predicted octanol–water partition coefficient (Wildman–Crippen LogP) is 9.05. The molecule has 2 amide bonds. The first-order valence-electron chi connectivity index (χ1n) is 21.9. The van der Waals surface area contributed by atoms with E-state index in [9.17, 15) is 28.8 Å². The van der Waals surface area contributed by atoms with Gasteiger partial charge in [-0.15, -0.1) is 0 Å². The molecule has 14 nitrogen and oxygen atoms in total. The van der Waals surface area contributed by atoms with Crippen LogP contribution in [0.4, 0.5) is 0 Å². The van der Waals surface area contributed by atoms with Gasteiger partial charge in [0.2, 0.25) is 0 Å². The first-order chi connectivity index (χ1) is 29.8. The van der Waals surface area contributed by atoms with E-state index in [1.807, 2.05) is 12.1 Å². The van der Waals surface area contributed by atoms with Crippen molar-refractivity contribution >= 4 is 59.2 Å². The molecule has 1 aromatic carbocycles. The molecule has 0 atom stereocenters. The largest absolute Gasteiger partial charge is 0.492 e. The highest BCUT2D eigenvalue weighted by Gasteiger charge is 2.42. The quantitative estimate of drug-likeness (QED) is 0.0221. The van der Waals surface area contributed by atoms with E-state index in [4.69, 9.17) is 28.4 Å².